The first-order valence-electron chi connectivity index (χ1n) is 16.2. The lowest BCUT2D eigenvalue weighted by molar-refractivity contribution is 0.248. The van der Waals surface area contributed by atoms with Gasteiger partial charge in [0.05, 0.1) is 23.1 Å². The topological polar surface area (TPSA) is 76.7 Å². The number of aromatic amines is 2. The largest absolute Gasteiger partial charge is 0.340 e. The number of hydrogen-bond acceptors (Lipinski definition) is 5. The molecule has 0 radical (unpaired) electrons. The second-order valence-electron chi connectivity index (χ2n) is 12.3. The van der Waals surface area contributed by atoms with Gasteiger partial charge in [0.15, 0.2) is 5.82 Å². The highest BCUT2D eigenvalue weighted by molar-refractivity contribution is 5.93. The van der Waals surface area contributed by atoms with Gasteiger partial charge in [0, 0.05) is 23.2 Å². The number of aryl methyl sites for hydroxylation is 2. The van der Waals surface area contributed by atoms with Crippen molar-refractivity contribution in [2.24, 2.45) is 0 Å². The van der Waals surface area contributed by atoms with Crippen LogP contribution in [0.2, 0.25) is 0 Å². The molecule has 0 saturated carbocycles. The Balaban J connectivity index is 1.46. The smallest absolute Gasteiger partial charge is 0.159 e. The maximum absolute atomic E-state index is 14.9. The number of allylic oxidation sites excluding steroid dienone is 5. The van der Waals surface area contributed by atoms with Gasteiger partial charge in [-0.3, -0.25) is 15.0 Å². The van der Waals surface area contributed by atoms with Crippen LogP contribution in [0.1, 0.15) is 60.8 Å². The Labute approximate surface area is 272 Å². The molecule has 0 aliphatic carbocycles. The number of aromatic nitrogens is 5. The van der Waals surface area contributed by atoms with Gasteiger partial charge < -0.3 is 9.88 Å². The average Bonchev–Trinajstić information content (AvgIpc) is 3.64. The number of imidazole rings is 1. The summed E-state index contributed by atoms with van der Waals surface area (Å²) in [5.41, 5.74) is 8.70. The van der Waals surface area contributed by atoms with Crippen LogP contribution in [0, 0.1) is 12.7 Å². The van der Waals surface area contributed by atoms with Gasteiger partial charge in [0.1, 0.15) is 11.5 Å². The van der Waals surface area contributed by atoms with E-state index in [0.717, 1.165) is 89.3 Å². The summed E-state index contributed by atoms with van der Waals surface area (Å²) in [7, 11) is 4.10. The number of pyridine rings is 1. The average molecular weight is 620 g/mol. The van der Waals surface area contributed by atoms with Crippen molar-refractivity contribution in [1.29, 1.82) is 0 Å². The first-order valence-corrected chi connectivity index (χ1v) is 16.2. The van der Waals surface area contributed by atoms with Crippen molar-refractivity contribution in [3.8, 4) is 11.5 Å². The van der Waals surface area contributed by atoms with E-state index in [1.54, 1.807) is 18.2 Å². The summed E-state index contributed by atoms with van der Waals surface area (Å²) in [6.45, 7) is 16.1. The third kappa shape index (κ3) is 7.87. The Morgan fingerprint density at radius 3 is 2.63 bits per heavy atom. The highest BCUT2D eigenvalue weighted by atomic mass is 19.1. The zero-order valence-electron chi connectivity index (χ0n) is 27.7. The molecule has 8 heteroatoms. The zero-order chi connectivity index (χ0) is 32.6. The number of hydrogen-bond donors (Lipinski definition) is 2. The van der Waals surface area contributed by atoms with E-state index in [2.05, 4.69) is 62.4 Å². The number of piperidine rings is 1. The van der Waals surface area contributed by atoms with Gasteiger partial charge >= 0.3 is 0 Å². The van der Waals surface area contributed by atoms with Crippen LogP contribution in [-0.2, 0) is 6.42 Å². The molecule has 240 valence electrons. The number of likely N-dealkylation sites (tertiary alicyclic amines) is 1. The molecule has 1 saturated heterocycles. The first kappa shape index (κ1) is 33.0. The second kappa shape index (κ2) is 15.3. The number of H-pyrrole nitrogens is 2. The van der Waals surface area contributed by atoms with Gasteiger partial charge in [-0.25, -0.2) is 9.37 Å². The van der Waals surface area contributed by atoms with E-state index in [-0.39, 0.29) is 5.82 Å². The van der Waals surface area contributed by atoms with E-state index in [4.69, 9.17) is 9.97 Å². The van der Waals surface area contributed by atoms with Gasteiger partial charge in [-0.15, -0.1) is 0 Å². The fraction of sp³-hybridized carbons (Fsp3) is 0.342. The lowest BCUT2D eigenvalue weighted by Crippen LogP contribution is -2.31. The van der Waals surface area contributed by atoms with E-state index in [1.807, 2.05) is 46.3 Å². The standard InChI is InChI=1S/C38H46FN7/c1-7-14-32(30-20-28(21-31(39)22-30)15-13-16-45(5)6)36-26(4)41-38(42-36)37-33-23-34(40-24-35(33)43-44-37)29(9-3)19-27(8-2)25-46-17-11-10-12-18-46/h7-9,14,19-24H,1-2,10-13,15-18,25H2,3-6H3,(H,41,42)(H,43,44)/b27-19+,29-9+,32-14-. The van der Waals surface area contributed by atoms with Crippen LogP contribution in [0.3, 0.4) is 0 Å². The predicted molar refractivity (Wildman–Crippen MR) is 189 cm³/mol. The molecule has 0 atom stereocenters. The molecular weight excluding hydrogens is 573 g/mol. The van der Waals surface area contributed by atoms with Crippen LogP contribution in [0.15, 0.2) is 79.6 Å². The van der Waals surface area contributed by atoms with E-state index in [0.29, 0.717) is 11.5 Å². The summed E-state index contributed by atoms with van der Waals surface area (Å²) in [6.07, 6.45) is 17.2. The molecule has 4 heterocycles. The molecular formula is C38H46FN7. The molecule has 5 rings (SSSR count). The van der Waals surface area contributed by atoms with E-state index >= 15 is 0 Å². The highest BCUT2D eigenvalue weighted by Crippen LogP contribution is 2.32. The van der Waals surface area contributed by atoms with Crippen molar-refractivity contribution in [2.45, 2.75) is 46.0 Å². The Morgan fingerprint density at radius 1 is 1.11 bits per heavy atom. The molecule has 0 unspecified atom stereocenters. The van der Waals surface area contributed by atoms with Crippen LogP contribution >= 0.6 is 0 Å². The molecule has 1 aromatic carbocycles. The van der Waals surface area contributed by atoms with Crippen molar-refractivity contribution in [3.05, 3.63) is 114 Å². The van der Waals surface area contributed by atoms with Gasteiger partial charge in [-0.1, -0.05) is 49.9 Å². The Bertz CT molecular complexity index is 1780. The van der Waals surface area contributed by atoms with Crippen LogP contribution in [-0.4, -0.2) is 75.2 Å². The molecule has 7 nitrogen and oxygen atoms in total. The minimum Gasteiger partial charge on any atom is -0.340 e. The third-order valence-corrected chi connectivity index (χ3v) is 8.50. The zero-order valence-corrected chi connectivity index (χ0v) is 27.7. The molecule has 1 aliphatic rings. The van der Waals surface area contributed by atoms with Crippen molar-refractivity contribution in [2.75, 3.05) is 40.3 Å². The summed E-state index contributed by atoms with van der Waals surface area (Å²) in [5.74, 6) is 0.367. The maximum atomic E-state index is 14.9. The van der Waals surface area contributed by atoms with Crippen LogP contribution in [0.25, 0.3) is 33.6 Å². The number of halogens is 1. The fourth-order valence-electron chi connectivity index (χ4n) is 6.12. The van der Waals surface area contributed by atoms with Gasteiger partial charge in [-0.2, -0.15) is 5.10 Å². The molecule has 3 aromatic heterocycles. The monoisotopic (exact) mass is 619 g/mol. The maximum Gasteiger partial charge on any atom is 0.159 e. The molecule has 2 N–H and O–H groups in total. The van der Waals surface area contributed by atoms with Crippen molar-refractivity contribution in [1.82, 2.24) is 34.9 Å². The van der Waals surface area contributed by atoms with E-state index < -0.39 is 0 Å². The number of fused-ring (bicyclic) bond motifs is 1. The predicted octanol–water partition coefficient (Wildman–Crippen LogP) is 7.91. The second-order valence-corrected chi connectivity index (χ2v) is 12.3. The quantitative estimate of drug-likeness (QED) is 0.149. The normalized spacial score (nSPS) is 15.2. The SMILES string of the molecule is C=C/C=C(/c1cc(F)cc(CCCN(C)C)c1)c1nc(-c2n[nH]c3cnc(C(/C=C(\C=C)CN4CCCCC4)=C/C)cc23)[nH]c1C. The summed E-state index contributed by atoms with van der Waals surface area (Å²) < 4.78 is 14.9. The molecule has 0 amide bonds. The Kier molecular flexibility index (Phi) is 10.9. The lowest BCUT2D eigenvalue weighted by Gasteiger charge is -2.26. The molecule has 46 heavy (non-hydrogen) atoms. The molecule has 4 aromatic rings. The number of nitrogens with one attached hydrogen (secondary N) is 2. The first-order chi connectivity index (χ1) is 22.3. The van der Waals surface area contributed by atoms with Gasteiger partial charge in [-0.05, 0) is 120 Å². The minimum atomic E-state index is -0.261. The minimum absolute atomic E-state index is 0.261. The molecule has 0 spiro atoms. The molecule has 0 bridgehead atoms. The molecule has 1 fully saturated rings. The Hall–Kier alpha value is -4.40. The summed E-state index contributed by atoms with van der Waals surface area (Å²) in [5, 5.41) is 8.67. The fourth-order valence-corrected chi connectivity index (χ4v) is 6.12. The van der Waals surface area contributed by atoms with Gasteiger partial charge in [0.25, 0.3) is 0 Å². The molecule has 1 aliphatic heterocycles. The van der Waals surface area contributed by atoms with Crippen LogP contribution < -0.4 is 0 Å². The van der Waals surface area contributed by atoms with E-state index in [1.165, 1.54) is 24.8 Å². The summed E-state index contributed by atoms with van der Waals surface area (Å²) in [6, 6.07) is 7.30. The van der Waals surface area contributed by atoms with Crippen LogP contribution in [0.4, 0.5) is 4.39 Å². The van der Waals surface area contributed by atoms with Crippen molar-refractivity contribution < 1.29 is 4.39 Å². The Morgan fingerprint density at radius 2 is 1.91 bits per heavy atom. The third-order valence-electron chi connectivity index (χ3n) is 8.50. The number of rotatable bonds is 13. The van der Waals surface area contributed by atoms with Crippen molar-refractivity contribution in [3.63, 3.8) is 0 Å². The summed E-state index contributed by atoms with van der Waals surface area (Å²) >= 11 is 0. The highest BCUT2D eigenvalue weighted by Gasteiger charge is 2.19. The number of benzene rings is 1. The van der Waals surface area contributed by atoms with Gasteiger partial charge in [0.2, 0.25) is 0 Å². The van der Waals surface area contributed by atoms with E-state index in [9.17, 15) is 4.39 Å². The van der Waals surface area contributed by atoms with Crippen LogP contribution in [0.5, 0.6) is 0 Å². The lowest BCUT2D eigenvalue weighted by atomic mass is 9.97. The van der Waals surface area contributed by atoms with Crippen molar-refractivity contribution >= 4 is 22.0 Å². The summed E-state index contributed by atoms with van der Waals surface area (Å²) in [4.78, 5) is 17.9. The number of nitrogens with zero attached hydrogens (tertiary/aromatic N) is 5.